The van der Waals surface area contributed by atoms with Crippen LogP contribution in [0.4, 0.5) is 5.69 Å². The molecule has 2 aromatic rings. The Hall–Kier alpha value is -3.22. The average Bonchev–Trinajstić information content (AvgIpc) is 2.66. The molecule has 1 amide bonds. The summed E-state index contributed by atoms with van der Waals surface area (Å²) in [6, 6.07) is 12.3. The van der Waals surface area contributed by atoms with Gasteiger partial charge in [0.25, 0.3) is 5.91 Å². The Kier molecular flexibility index (Phi) is 5.58. The standard InChI is InChI=1S/C19H19NO6/c1-13-2-5-15(6-3-13)25-12-19(22)26-11-18(21)20-14-4-7-16-17(10-14)24-9-8-23-16/h2-7,10H,8-9,11-12H2,1H3,(H,20,21). The van der Waals surface area contributed by atoms with E-state index in [-0.39, 0.29) is 6.61 Å². The summed E-state index contributed by atoms with van der Waals surface area (Å²) in [6.07, 6.45) is 0. The minimum atomic E-state index is -0.622. The molecule has 0 bridgehead atoms. The Morgan fingerprint density at radius 3 is 2.50 bits per heavy atom. The maximum absolute atomic E-state index is 11.9. The molecule has 1 heterocycles. The first-order valence-corrected chi connectivity index (χ1v) is 8.15. The van der Waals surface area contributed by atoms with Crippen LogP contribution < -0.4 is 19.5 Å². The van der Waals surface area contributed by atoms with Crippen LogP contribution in [-0.4, -0.2) is 38.3 Å². The molecule has 7 nitrogen and oxygen atoms in total. The molecule has 0 aromatic heterocycles. The summed E-state index contributed by atoms with van der Waals surface area (Å²) >= 11 is 0. The summed E-state index contributed by atoms with van der Waals surface area (Å²) in [5, 5.41) is 2.63. The third-order valence-electron chi connectivity index (χ3n) is 3.57. The number of esters is 1. The number of amides is 1. The molecular formula is C19H19NO6. The number of hydrogen-bond donors (Lipinski definition) is 1. The third kappa shape index (κ3) is 4.89. The van der Waals surface area contributed by atoms with Gasteiger partial charge in [-0.05, 0) is 31.2 Å². The van der Waals surface area contributed by atoms with Gasteiger partial charge < -0.3 is 24.3 Å². The lowest BCUT2D eigenvalue weighted by Gasteiger charge is -2.19. The van der Waals surface area contributed by atoms with E-state index in [9.17, 15) is 9.59 Å². The lowest BCUT2D eigenvalue weighted by molar-refractivity contribution is -0.149. The van der Waals surface area contributed by atoms with E-state index in [2.05, 4.69) is 5.32 Å². The highest BCUT2D eigenvalue weighted by Gasteiger charge is 2.13. The van der Waals surface area contributed by atoms with E-state index < -0.39 is 18.5 Å². The molecule has 0 fully saturated rings. The highest BCUT2D eigenvalue weighted by Crippen LogP contribution is 2.32. The predicted octanol–water partition coefficient (Wildman–Crippen LogP) is 2.33. The quantitative estimate of drug-likeness (QED) is 0.799. The van der Waals surface area contributed by atoms with E-state index in [1.165, 1.54) is 0 Å². The highest BCUT2D eigenvalue weighted by molar-refractivity contribution is 5.93. The number of carbonyl (C=O) groups excluding carboxylic acids is 2. The second-order valence-electron chi connectivity index (χ2n) is 5.67. The van der Waals surface area contributed by atoms with E-state index in [1.807, 2.05) is 19.1 Å². The van der Waals surface area contributed by atoms with Crippen molar-refractivity contribution in [2.24, 2.45) is 0 Å². The van der Waals surface area contributed by atoms with Crippen molar-refractivity contribution in [1.29, 1.82) is 0 Å². The zero-order valence-electron chi connectivity index (χ0n) is 14.3. The van der Waals surface area contributed by atoms with Crippen molar-refractivity contribution in [3.8, 4) is 17.2 Å². The van der Waals surface area contributed by atoms with Crippen LogP contribution in [0, 0.1) is 6.92 Å². The van der Waals surface area contributed by atoms with Crippen molar-refractivity contribution in [2.75, 3.05) is 31.7 Å². The van der Waals surface area contributed by atoms with Gasteiger partial charge in [0.15, 0.2) is 24.7 Å². The van der Waals surface area contributed by atoms with Crippen LogP contribution in [-0.2, 0) is 14.3 Å². The van der Waals surface area contributed by atoms with Crippen molar-refractivity contribution < 1.29 is 28.5 Å². The number of rotatable bonds is 6. The fraction of sp³-hybridized carbons (Fsp3) is 0.263. The number of aryl methyl sites for hydroxylation is 1. The average molecular weight is 357 g/mol. The van der Waals surface area contributed by atoms with E-state index in [0.717, 1.165) is 5.56 Å². The summed E-state index contributed by atoms with van der Waals surface area (Å²) in [4.78, 5) is 23.6. The van der Waals surface area contributed by atoms with Crippen LogP contribution in [0.3, 0.4) is 0 Å². The molecule has 0 atom stereocenters. The van der Waals surface area contributed by atoms with Gasteiger partial charge in [0.05, 0.1) is 0 Å². The van der Waals surface area contributed by atoms with Gasteiger partial charge in [-0.3, -0.25) is 4.79 Å². The van der Waals surface area contributed by atoms with Crippen molar-refractivity contribution in [3.63, 3.8) is 0 Å². The number of anilines is 1. The maximum atomic E-state index is 11.9. The lowest BCUT2D eigenvalue weighted by Crippen LogP contribution is -2.23. The number of ether oxygens (including phenoxy) is 4. The van der Waals surface area contributed by atoms with Gasteiger partial charge in [-0.25, -0.2) is 4.79 Å². The number of hydrogen-bond acceptors (Lipinski definition) is 6. The second-order valence-corrected chi connectivity index (χ2v) is 5.67. The molecule has 1 aliphatic rings. The van der Waals surface area contributed by atoms with Gasteiger partial charge in [0.1, 0.15) is 19.0 Å². The van der Waals surface area contributed by atoms with Gasteiger partial charge in [-0.15, -0.1) is 0 Å². The molecule has 0 spiro atoms. The number of fused-ring (bicyclic) bond motifs is 1. The summed E-state index contributed by atoms with van der Waals surface area (Å²) in [5.74, 6) is 0.688. The molecule has 0 saturated heterocycles. The molecular weight excluding hydrogens is 338 g/mol. The van der Waals surface area contributed by atoms with E-state index in [1.54, 1.807) is 30.3 Å². The lowest BCUT2D eigenvalue weighted by atomic mass is 10.2. The fourth-order valence-corrected chi connectivity index (χ4v) is 2.28. The Morgan fingerprint density at radius 2 is 1.73 bits per heavy atom. The van der Waals surface area contributed by atoms with Gasteiger partial charge >= 0.3 is 5.97 Å². The molecule has 7 heteroatoms. The molecule has 1 aliphatic heterocycles. The molecule has 0 unspecified atom stereocenters. The molecule has 1 N–H and O–H groups in total. The van der Waals surface area contributed by atoms with Crippen molar-refractivity contribution in [3.05, 3.63) is 48.0 Å². The maximum Gasteiger partial charge on any atom is 0.344 e. The highest BCUT2D eigenvalue weighted by atomic mass is 16.6. The van der Waals surface area contributed by atoms with Gasteiger partial charge in [0, 0.05) is 11.8 Å². The summed E-state index contributed by atoms with van der Waals surface area (Å²) in [5.41, 5.74) is 1.63. The zero-order chi connectivity index (χ0) is 18.4. The third-order valence-corrected chi connectivity index (χ3v) is 3.57. The van der Waals surface area contributed by atoms with E-state index in [4.69, 9.17) is 18.9 Å². The first-order valence-electron chi connectivity index (χ1n) is 8.15. The normalized spacial score (nSPS) is 12.2. The monoisotopic (exact) mass is 357 g/mol. The summed E-state index contributed by atoms with van der Waals surface area (Å²) in [6.45, 7) is 2.26. The van der Waals surface area contributed by atoms with Crippen molar-refractivity contribution in [1.82, 2.24) is 0 Å². The van der Waals surface area contributed by atoms with Crippen molar-refractivity contribution >= 4 is 17.6 Å². The van der Waals surface area contributed by atoms with Crippen LogP contribution in [0.1, 0.15) is 5.56 Å². The first kappa shape index (κ1) is 17.6. The van der Waals surface area contributed by atoms with Crippen LogP contribution in [0.5, 0.6) is 17.2 Å². The Bertz CT molecular complexity index is 787. The van der Waals surface area contributed by atoms with Crippen LogP contribution in [0.25, 0.3) is 0 Å². The topological polar surface area (TPSA) is 83.1 Å². The molecule has 0 aliphatic carbocycles. The second kappa shape index (κ2) is 8.24. The number of carbonyl (C=O) groups is 2. The van der Waals surface area contributed by atoms with E-state index in [0.29, 0.717) is 36.1 Å². The van der Waals surface area contributed by atoms with Gasteiger partial charge in [-0.2, -0.15) is 0 Å². The Morgan fingerprint density at radius 1 is 1.00 bits per heavy atom. The van der Waals surface area contributed by atoms with Crippen LogP contribution >= 0.6 is 0 Å². The van der Waals surface area contributed by atoms with Gasteiger partial charge in [0.2, 0.25) is 0 Å². The molecule has 136 valence electrons. The molecule has 26 heavy (non-hydrogen) atoms. The largest absolute Gasteiger partial charge is 0.486 e. The summed E-state index contributed by atoms with van der Waals surface area (Å²) in [7, 11) is 0. The number of benzene rings is 2. The van der Waals surface area contributed by atoms with Gasteiger partial charge in [-0.1, -0.05) is 17.7 Å². The summed E-state index contributed by atoms with van der Waals surface area (Å²) < 4.78 is 21.1. The first-order chi connectivity index (χ1) is 12.6. The van der Waals surface area contributed by atoms with Crippen LogP contribution in [0.15, 0.2) is 42.5 Å². The molecule has 0 radical (unpaired) electrons. The predicted molar refractivity (Wildman–Crippen MR) is 93.7 cm³/mol. The molecule has 3 rings (SSSR count). The minimum Gasteiger partial charge on any atom is -0.486 e. The van der Waals surface area contributed by atoms with Crippen LogP contribution in [0.2, 0.25) is 0 Å². The Labute approximate surface area is 150 Å². The fourth-order valence-electron chi connectivity index (χ4n) is 2.28. The smallest absolute Gasteiger partial charge is 0.344 e. The van der Waals surface area contributed by atoms with Crippen molar-refractivity contribution in [2.45, 2.75) is 6.92 Å². The number of nitrogens with one attached hydrogen (secondary N) is 1. The van der Waals surface area contributed by atoms with E-state index >= 15 is 0 Å². The molecule has 2 aromatic carbocycles. The zero-order valence-corrected chi connectivity index (χ0v) is 14.3. The minimum absolute atomic E-state index is 0.264. The Balaban J connectivity index is 1.42. The SMILES string of the molecule is Cc1ccc(OCC(=O)OCC(=O)Nc2ccc3c(c2)OCCO3)cc1. The molecule has 0 saturated carbocycles.